The van der Waals surface area contributed by atoms with Gasteiger partial charge in [-0.25, -0.2) is 18.4 Å². The second-order valence-electron chi connectivity index (χ2n) is 7.47. The van der Waals surface area contributed by atoms with Crippen LogP contribution in [0.2, 0.25) is 0 Å². The number of aliphatic hydroxyl groups is 1. The number of nitrogens with one attached hydrogen (secondary N) is 1. The third-order valence-corrected chi connectivity index (χ3v) is 7.20. The van der Waals surface area contributed by atoms with Crippen LogP contribution >= 0.6 is 0 Å². The number of sulfone groups is 1. The molecule has 2 N–H and O–H groups in total. The van der Waals surface area contributed by atoms with E-state index in [2.05, 4.69) is 26.9 Å². The summed E-state index contributed by atoms with van der Waals surface area (Å²) < 4.78 is 24.4. The van der Waals surface area contributed by atoms with Crippen LogP contribution in [-0.4, -0.2) is 59.2 Å². The minimum Gasteiger partial charge on any atom is -0.393 e. The zero-order valence-corrected chi connectivity index (χ0v) is 16.2. The summed E-state index contributed by atoms with van der Waals surface area (Å²) in [4.78, 5) is 14.0. The second kappa shape index (κ2) is 7.92. The van der Waals surface area contributed by atoms with Crippen molar-refractivity contribution in [1.82, 2.24) is 15.0 Å². The molecule has 0 unspecified atom stereocenters. The van der Waals surface area contributed by atoms with Crippen LogP contribution < -0.4 is 4.90 Å². The number of H-pyrrole nitrogens is 1. The summed E-state index contributed by atoms with van der Waals surface area (Å²) in [6.07, 6.45) is 6.94. The Hall–Kier alpha value is -1.67. The highest BCUT2D eigenvalue weighted by Crippen LogP contribution is 2.32. The Balaban J connectivity index is 1.57. The van der Waals surface area contributed by atoms with Crippen LogP contribution in [0.5, 0.6) is 0 Å². The van der Waals surface area contributed by atoms with E-state index in [-0.39, 0.29) is 17.4 Å². The van der Waals surface area contributed by atoms with E-state index < -0.39 is 15.9 Å². The molecule has 26 heavy (non-hydrogen) atoms. The summed E-state index contributed by atoms with van der Waals surface area (Å²) in [6, 6.07) is 2.35. The number of fused-ring (bicyclic) bond motifs is 1. The van der Waals surface area contributed by atoms with Gasteiger partial charge in [-0.05, 0) is 51.0 Å². The summed E-state index contributed by atoms with van der Waals surface area (Å²) in [5, 5.41) is 10.3. The van der Waals surface area contributed by atoms with Gasteiger partial charge in [0.15, 0.2) is 9.84 Å². The van der Waals surface area contributed by atoms with Crippen LogP contribution in [0.3, 0.4) is 0 Å². The number of hydrogen-bond acceptors (Lipinski definition) is 6. The van der Waals surface area contributed by atoms with E-state index in [1.165, 1.54) is 0 Å². The molecule has 1 aliphatic carbocycles. The van der Waals surface area contributed by atoms with Gasteiger partial charge in [0.25, 0.3) is 0 Å². The smallest absolute Gasteiger partial charge is 0.150 e. The Kier molecular flexibility index (Phi) is 5.82. The molecule has 144 valence electrons. The third kappa shape index (κ3) is 4.54. The number of aromatic amines is 1. The molecule has 0 aliphatic heterocycles. The maximum absolute atomic E-state index is 12.2. The van der Waals surface area contributed by atoms with E-state index in [1.807, 2.05) is 12.3 Å². The van der Waals surface area contributed by atoms with E-state index in [0.717, 1.165) is 42.5 Å². The van der Waals surface area contributed by atoms with Crippen molar-refractivity contribution in [3.63, 3.8) is 0 Å². The molecule has 1 fully saturated rings. The monoisotopic (exact) mass is 380 g/mol. The van der Waals surface area contributed by atoms with Crippen molar-refractivity contribution in [3.8, 4) is 0 Å². The molecule has 1 atom stereocenters. The van der Waals surface area contributed by atoms with E-state index >= 15 is 0 Å². The standard InChI is InChI=1S/C18H28N4O3S/c1-13(23)8-10-26(24,25)11-14-3-5-15(6-4-14)22(2)18-16-7-9-19-17(16)20-12-21-18/h7,9,12-15,23H,3-6,8,10-11H2,1-2H3,(H,19,20,21)/t13-,14?,15?/m0/s1. The lowest BCUT2D eigenvalue weighted by atomic mass is 9.86. The summed E-state index contributed by atoms with van der Waals surface area (Å²) in [7, 11) is -1.03. The van der Waals surface area contributed by atoms with Crippen molar-refractivity contribution in [2.75, 3.05) is 23.5 Å². The molecule has 2 aromatic rings. The first-order valence-corrected chi connectivity index (χ1v) is 11.1. The predicted molar refractivity (Wildman–Crippen MR) is 103 cm³/mol. The summed E-state index contributed by atoms with van der Waals surface area (Å²) in [5.74, 6) is 1.46. The minimum atomic E-state index is -3.09. The Bertz CT molecular complexity index is 826. The molecule has 0 radical (unpaired) electrons. The van der Waals surface area contributed by atoms with Crippen LogP contribution in [-0.2, 0) is 9.84 Å². The molecule has 0 saturated heterocycles. The number of nitrogens with zero attached hydrogens (tertiary/aromatic N) is 3. The SMILES string of the molecule is C[C@H](O)CCS(=O)(=O)CC1CCC(N(C)c2ncnc3[nH]ccc23)CC1. The number of rotatable bonds is 7. The fraction of sp³-hybridized carbons (Fsp3) is 0.667. The Morgan fingerprint density at radius 2 is 2.04 bits per heavy atom. The molecular formula is C18H28N4O3S. The Morgan fingerprint density at radius 1 is 1.31 bits per heavy atom. The summed E-state index contributed by atoms with van der Waals surface area (Å²) in [5.41, 5.74) is 0.833. The molecule has 2 heterocycles. The Labute approximate surface area is 154 Å². The molecule has 0 aromatic carbocycles. The van der Waals surface area contributed by atoms with Gasteiger partial charge in [-0.15, -0.1) is 0 Å². The van der Waals surface area contributed by atoms with Gasteiger partial charge in [0.1, 0.15) is 17.8 Å². The third-order valence-electron chi connectivity index (χ3n) is 5.37. The molecule has 1 saturated carbocycles. The first-order valence-electron chi connectivity index (χ1n) is 9.25. The lowest BCUT2D eigenvalue weighted by molar-refractivity contribution is 0.191. The van der Waals surface area contributed by atoms with E-state index in [0.29, 0.717) is 12.5 Å². The molecule has 7 nitrogen and oxygen atoms in total. The maximum Gasteiger partial charge on any atom is 0.150 e. The van der Waals surface area contributed by atoms with Crippen molar-refractivity contribution in [3.05, 3.63) is 18.6 Å². The fourth-order valence-electron chi connectivity index (χ4n) is 3.80. The average molecular weight is 381 g/mol. The number of aromatic nitrogens is 3. The maximum atomic E-state index is 12.2. The summed E-state index contributed by atoms with van der Waals surface area (Å²) >= 11 is 0. The fourth-order valence-corrected chi connectivity index (χ4v) is 5.72. The van der Waals surface area contributed by atoms with Gasteiger partial charge in [0, 0.05) is 19.3 Å². The lowest BCUT2D eigenvalue weighted by Gasteiger charge is -2.35. The Morgan fingerprint density at radius 3 is 2.73 bits per heavy atom. The van der Waals surface area contributed by atoms with Crippen molar-refractivity contribution >= 4 is 26.7 Å². The quantitative estimate of drug-likeness (QED) is 0.763. The van der Waals surface area contributed by atoms with Crippen LogP contribution in [0.15, 0.2) is 18.6 Å². The van der Waals surface area contributed by atoms with Gasteiger partial charge in [0.05, 0.1) is 23.0 Å². The zero-order valence-electron chi connectivity index (χ0n) is 15.4. The number of hydrogen-bond donors (Lipinski definition) is 2. The van der Waals surface area contributed by atoms with Gasteiger partial charge >= 0.3 is 0 Å². The molecule has 0 bridgehead atoms. The molecule has 0 spiro atoms. The molecule has 0 amide bonds. The first-order chi connectivity index (χ1) is 12.4. The first kappa shape index (κ1) is 19.1. The second-order valence-corrected chi connectivity index (χ2v) is 9.70. The van der Waals surface area contributed by atoms with E-state index in [4.69, 9.17) is 0 Å². The average Bonchev–Trinajstić information content (AvgIpc) is 3.08. The number of anilines is 1. The van der Waals surface area contributed by atoms with Gasteiger partial charge in [-0.3, -0.25) is 0 Å². The van der Waals surface area contributed by atoms with Crippen LogP contribution in [0, 0.1) is 5.92 Å². The van der Waals surface area contributed by atoms with Gasteiger partial charge in [0.2, 0.25) is 0 Å². The van der Waals surface area contributed by atoms with E-state index in [9.17, 15) is 13.5 Å². The van der Waals surface area contributed by atoms with Crippen LogP contribution in [0.25, 0.3) is 11.0 Å². The topological polar surface area (TPSA) is 99.2 Å². The van der Waals surface area contributed by atoms with Crippen molar-refractivity contribution < 1.29 is 13.5 Å². The van der Waals surface area contributed by atoms with Crippen molar-refractivity contribution in [2.24, 2.45) is 5.92 Å². The number of aliphatic hydroxyl groups excluding tert-OH is 1. The highest BCUT2D eigenvalue weighted by molar-refractivity contribution is 7.91. The van der Waals surface area contributed by atoms with E-state index in [1.54, 1.807) is 13.3 Å². The van der Waals surface area contributed by atoms with Crippen molar-refractivity contribution in [2.45, 2.75) is 51.2 Å². The molecule has 2 aromatic heterocycles. The minimum absolute atomic E-state index is 0.0803. The van der Waals surface area contributed by atoms with Crippen LogP contribution in [0.1, 0.15) is 39.0 Å². The largest absolute Gasteiger partial charge is 0.393 e. The normalized spacial score (nSPS) is 22.4. The van der Waals surface area contributed by atoms with Gasteiger partial charge in [-0.2, -0.15) is 0 Å². The molecular weight excluding hydrogens is 352 g/mol. The van der Waals surface area contributed by atoms with Crippen molar-refractivity contribution in [1.29, 1.82) is 0 Å². The lowest BCUT2D eigenvalue weighted by Crippen LogP contribution is -2.37. The molecule has 8 heteroatoms. The summed E-state index contributed by atoms with van der Waals surface area (Å²) in [6.45, 7) is 1.63. The molecule has 1 aliphatic rings. The zero-order chi connectivity index (χ0) is 18.7. The van der Waals surface area contributed by atoms with Gasteiger partial charge in [-0.1, -0.05) is 0 Å². The molecule has 3 rings (SSSR count). The highest BCUT2D eigenvalue weighted by atomic mass is 32.2. The predicted octanol–water partition coefficient (Wildman–Crippen LogP) is 2.14. The van der Waals surface area contributed by atoms with Gasteiger partial charge < -0.3 is 15.0 Å². The van der Waals surface area contributed by atoms with Crippen LogP contribution in [0.4, 0.5) is 5.82 Å². The highest BCUT2D eigenvalue weighted by Gasteiger charge is 2.28.